The fraction of sp³-hybridized carbons (Fsp3) is 1.00. The summed E-state index contributed by atoms with van der Waals surface area (Å²) in [7, 11) is 2.73. The van der Waals surface area contributed by atoms with Crippen molar-refractivity contribution >= 4 is 9.39 Å². The van der Waals surface area contributed by atoms with Gasteiger partial charge in [-0.05, 0) is 12.3 Å². The van der Waals surface area contributed by atoms with Gasteiger partial charge in [0.1, 0.15) is 0 Å². The zero-order valence-corrected chi connectivity index (χ0v) is 5.88. The van der Waals surface area contributed by atoms with Crippen molar-refractivity contribution in [1.82, 2.24) is 4.67 Å². The Morgan fingerprint density at radius 2 is 2.43 bits per heavy atom. The summed E-state index contributed by atoms with van der Waals surface area (Å²) in [6.07, 6.45) is 1.38. The fourth-order valence-electron chi connectivity index (χ4n) is 0.969. The third-order valence-corrected chi connectivity index (χ3v) is 1.92. The molecule has 0 bridgehead atoms. The van der Waals surface area contributed by atoms with Crippen LogP contribution in [0.25, 0.3) is 0 Å². The molecule has 1 saturated heterocycles. The van der Waals surface area contributed by atoms with E-state index in [0.29, 0.717) is 0 Å². The molecule has 1 aliphatic rings. The first-order valence-electron chi connectivity index (χ1n) is 2.78. The molecule has 0 aromatic heterocycles. The second kappa shape index (κ2) is 2.11. The van der Waals surface area contributed by atoms with Gasteiger partial charge in [0, 0.05) is 13.1 Å². The van der Waals surface area contributed by atoms with Crippen LogP contribution in [-0.4, -0.2) is 17.8 Å². The third kappa shape index (κ3) is 1.40. The molecule has 0 aromatic rings. The van der Waals surface area contributed by atoms with Crippen LogP contribution in [0.4, 0.5) is 0 Å². The lowest BCUT2D eigenvalue weighted by atomic mass is 10.2. The summed E-state index contributed by atoms with van der Waals surface area (Å²) in [5.74, 6) is 0.928. The lowest BCUT2D eigenvalue weighted by molar-refractivity contribution is 0.549. The largest absolute Gasteiger partial charge is 0.287 e. The first-order chi connectivity index (χ1) is 3.29. The van der Waals surface area contributed by atoms with Crippen LogP contribution >= 0.6 is 9.39 Å². The molecule has 1 rings (SSSR count). The molecule has 0 radical (unpaired) electrons. The second-order valence-corrected chi connectivity index (χ2v) is 3.12. The predicted molar refractivity (Wildman–Crippen MR) is 35.1 cm³/mol. The highest BCUT2D eigenvalue weighted by atomic mass is 31.0. The Morgan fingerprint density at radius 3 is 2.57 bits per heavy atom. The molecule has 7 heavy (non-hydrogen) atoms. The summed E-state index contributed by atoms with van der Waals surface area (Å²) in [6, 6.07) is 0. The van der Waals surface area contributed by atoms with Gasteiger partial charge >= 0.3 is 0 Å². The number of hydrogen-bond donors (Lipinski definition) is 0. The van der Waals surface area contributed by atoms with Gasteiger partial charge in [0.15, 0.2) is 0 Å². The Hall–Kier alpha value is 0.390. The van der Waals surface area contributed by atoms with E-state index < -0.39 is 0 Å². The molecule has 2 heteroatoms. The van der Waals surface area contributed by atoms with Crippen LogP contribution in [0, 0.1) is 5.92 Å². The first kappa shape index (κ1) is 5.53. The zero-order valence-electron chi connectivity index (χ0n) is 4.72. The van der Waals surface area contributed by atoms with E-state index in [0.717, 1.165) is 5.92 Å². The summed E-state index contributed by atoms with van der Waals surface area (Å²) < 4.78 is 2.30. The third-order valence-electron chi connectivity index (χ3n) is 1.46. The second-order valence-electron chi connectivity index (χ2n) is 2.39. The Balaban J connectivity index is 2.26. The highest BCUT2D eigenvalue weighted by Gasteiger charge is 2.13. The van der Waals surface area contributed by atoms with E-state index in [1.54, 1.807) is 0 Å². The van der Waals surface area contributed by atoms with E-state index in [-0.39, 0.29) is 0 Å². The maximum absolute atomic E-state index is 2.73. The predicted octanol–water partition coefficient (Wildman–Crippen LogP) is 1.12. The van der Waals surface area contributed by atoms with Gasteiger partial charge in [-0.25, -0.2) is 0 Å². The normalized spacial score (nSPS) is 34.3. The summed E-state index contributed by atoms with van der Waals surface area (Å²) in [6.45, 7) is 4.83. The molecule has 2 atom stereocenters. The van der Waals surface area contributed by atoms with E-state index in [1.807, 2.05) is 0 Å². The van der Waals surface area contributed by atoms with Crippen LogP contribution in [0.5, 0.6) is 0 Å². The molecule has 1 fully saturated rings. The average molecular weight is 117 g/mol. The van der Waals surface area contributed by atoms with Gasteiger partial charge in [-0.15, -0.1) is 0 Å². The number of hydrogen-bond acceptors (Lipinski definition) is 1. The van der Waals surface area contributed by atoms with Crippen molar-refractivity contribution in [2.24, 2.45) is 5.92 Å². The lowest BCUT2D eigenvalue weighted by Crippen LogP contribution is -2.04. The monoisotopic (exact) mass is 117 g/mol. The molecule has 0 N–H and O–H groups in total. The van der Waals surface area contributed by atoms with Crippen molar-refractivity contribution in [3.63, 3.8) is 0 Å². The minimum atomic E-state index is 0.928. The highest BCUT2D eigenvalue weighted by Crippen LogP contribution is 2.17. The van der Waals surface area contributed by atoms with Crippen molar-refractivity contribution in [1.29, 1.82) is 0 Å². The van der Waals surface area contributed by atoms with E-state index in [9.17, 15) is 0 Å². The Morgan fingerprint density at radius 1 is 1.71 bits per heavy atom. The van der Waals surface area contributed by atoms with Crippen molar-refractivity contribution in [2.75, 3.05) is 13.1 Å². The van der Waals surface area contributed by atoms with Crippen LogP contribution in [-0.2, 0) is 0 Å². The molecule has 2 unspecified atom stereocenters. The van der Waals surface area contributed by atoms with Gasteiger partial charge in [0.2, 0.25) is 0 Å². The van der Waals surface area contributed by atoms with Crippen LogP contribution in [0.3, 0.4) is 0 Å². The Kier molecular flexibility index (Phi) is 1.66. The van der Waals surface area contributed by atoms with Crippen LogP contribution < -0.4 is 0 Å². The van der Waals surface area contributed by atoms with Gasteiger partial charge in [0.05, 0.1) is 0 Å². The van der Waals surface area contributed by atoms with Crippen molar-refractivity contribution < 1.29 is 0 Å². The molecular formula is C5H12NP. The van der Waals surface area contributed by atoms with Crippen molar-refractivity contribution in [2.45, 2.75) is 13.3 Å². The average Bonchev–Trinajstić information content (AvgIpc) is 1.87. The highest BCUT2D eigenvalue weighted by molar-refractivity contribution is 7.13. The summed E-state index contributed by atoms with van der Waals surface area (Å²) in [5, 5.41) is 0. The van der Waals surface area contributed by atoms with Gasteiger partial charge in [0.25, 0.3) is 0 Å². The number of rotatable bonds is 0. The summed E-state index contributed by atoms with van der Waals surface area (Å²) >= 11 is 0. The van der Waals surface area contributed by atoms with Crippen LogP contribution in [0.1, 0.15) is 13.3 Å². The van der Waals surface area contributed by atoms with Gasteiger partial charge in [-0.1, -0.05) is 16.3 Å². The molecule has 1 heterocycles. The van der Waals surface area contributed by atoms with Crippen molar-refractivity contribution in [3.05, 3.63) is 0 Å². The molecule has 1 nitrogen and oxygen atoms in total. The minimum absolute atomic E-state index is 0.928. The maximum atomic E-state index is 2.73. The van der Waals surface area contributed by atoms with E-state index in [4.69, 9.17) is 0 Å². The van der Waals surface area contributed by atoms with E-state index >= 15 is 0 Å². The topological polar surface area (TPSA) is 3.24 Å². The Labute approximate surface area is 47.3 Å². The molecule has 1 aliphatic heterocycles. The molecular weight excluding hydrogens is 105 g/mol. The lowest BCUT2D eigenvalue weighted by Gasteiger charge is -2.03. The minimum Gasteiger partial charge on any atom is -0.287 e. The summed E-state index contributed by atoms with van der Waals surface area (Å²) in [5.41, 5.74) is 0. The maximum Gasteiger partial charge on any atom is 0.00424 e. The van der Waals surface area contributed by atoms with Gasteiger partial charge < -0.3 is 0 Å². The Bertz CT molecular complexity index is 57.1. The van der Waals surface area contributed by atoms with E-state index in [1.165, 1.54) is 19.5 Å². The van der Waals surface area contributed by atoms with Crippen LogP contribution in [0.2, 0.25) is 0 Å². The quantitative estimate of drug-likeness (QED) is 0.430. The molecule has 0 saturated carbocycles. The zero-order chi connectivity index (χ0) is 5.28. The smallest absolute Gasteiger partial charge is 0.00424 e. The fourth-order valence-corrected chi connectivity index (χ4v) is 1.48. The molecule has 0 spiro atoms. The molecule has 42 valence electrons. The van der Waals surface area contributed by atoms with Crippen molar-refractivity contribution in [3.8, 4) is 0 Å². The first-order valence-corrected chi connectivity index (χ1v) is 3.30. The standard InChI is InChI=1S/C5H12NP/c1-5-2-3-6(7)4-5/h5H,2-4,7H2,1H3. The summed E-state index contributed by atoms with van der Waals surface area (Å²) in [4.78, 5) is 0. The van der Waals surface area contributed by atoms with Crippen LogP contribution in [0.15, 0.2) is 0 Å². The number of nitrogens with zero attached hydrogens (tertiary/aromatic N) is 1. The molecule has 0 amide bonds. The van der Waals surface area contributed by atoms with Gasteiger partial charge in [-0.2, -0.15) is 0 Å². The SMILES string of the molecule is CC1CCN(P)C1. The van der Waals surface area contributed by atoms with Gasteiger partial charge in [-0.3, -0.25) is 4.67 Å². The molecule has 0 aliphatic carbocycles. The van der Waals surface area contributed by atoms with E-state index in [2.05, 4.69) is 21.0 Å². The molecule has 0 aromatic carbocycles.